The molecule has 0 unspecified atom stereocenters. The maximum Gasteiger partial charge on any atom is 0.202 e. The highest BCUT2D eigenvalue weighted by Gasteiger charge is 1.97. The summed E-state index contributed by atoms with van der Waals surface area (Å²) in [6, 6.07) is 5.52. The van der Waals surface area contributed by atoms with Crippen molar-refractivity contribution in [3.63, 3.8) is 0 Å². The molecule has 0 saturated heterocycles. The van der Waals surface area contributed by atoms with Gasteiger partial charge in [-0.15, -0.1) is 0 Å². The first-order chi connectivity index (χ1) is 6.84. The lowest BCUT2D eigenvalue weighted by molar-refractivity contribution is 1.04. The molecule has 1 N–H and O–H groups in total. The predicted molar refractivity (Wildman–Crippen MR) is 56.5 cm³/mol. The Morgan fingerprint density at radius 1 is 1.43 bits per heavy atom. The van der Waals surface area contributed by atoms with E-state index >= 15 is 0 Å². The lowest BCUT2D eigenvalue weighted by Gasteiger charge is -2.01. The average Bonchev–Trinajstić information content (AvgIpc) is 2.67. The highest BCUT2D eigenvalue weighted by atomic mass is 35.5. The molecule has 0 aliphatic rings. The summed E-state index contributed by atoms with van der Waals surface area (Å²) in [5.41, 5.74) is 0.882. The largest absolute Gasteiger partial charge is 0.355 e. The third-order valence-electron chi connectivity index (χ3n) is 1.55. The van der Waals surface area contributed by atoms with Gasteiger partial charge in [0, 0.05) is 11.5 Å². The average molecular weight is 227 g/mol. The van der Waals surface area contributed by atoms with E-state index in [0.29, 0.717) is 11.7 Å². The number of aromatic nitrogens is 3. The van der Waals surface area contributed by atoms with Crippen molar-refractivity contribution in [2.75, 3.05) is 5.32 Å². The lowest BCUT2D eigenvalue weighted by atomic mass is 10.3. The summed E-state index contributed by atoms with van der Waals surface area (Å²) in [6.07, 6.45) is 1.51. The third-order valence-corrected chi connectivity index (χ3v) is 2.39. The summed E-state index contributed by atoms with van der Waals surface area (Å²) in [6.45, 7) is 0.607. The number of halogens is 1. The Balaban J connectivity index is 1.98. The van der Waals surface area contributed by atoms with Gasteiger partial charge < -0.3 is 5.32 Å². The van der Waals surface area contributed by atoms with E-state index in [4.69, 9.17) is 11.6 Å². The van der Waals surface area contributed by atoms with Crippen LogP contribution in [0.1, 0.15) is 5.69 Å². The van der Waals surface area contributed by atoms with Gasteiger partial charge in [-0.05, 0) is 12.1 Å². The van der Waals surface area contributed by atoms with Gasteiger partial charge in [-0.2, -0.15) is 4.37 Å². The van der Waals surface area contributed by atoms with E-state index in [1.807, 2.05) is 12.1 Å². The molecule has 2 heterocycles. The molecule has 0 saturated carbocycles. The molecule has 0 aromatic carbocycles. The van der Waals surface area contributed by atoms with Crippen molar-refractivity contribution in [3.8, 4) is 0 Å². The van der Waals surface area contributed by atoms with Gasteiger partial charge in [0.25, 0.3) is 0 Å². The topological polar surface area (TPSA) is 50.7 Å². The molecule has 2 aromatic heterocycles. The molecule has 0 spiro atoms. The smallest absolute Gasteiger partial charge is 0.202 e. The van der Waals surface area contributed by atoms with Gasteiger partial charge in [0.05, 0.1) is 12.2 Å². The summed E-state index contributed by atoms with van der Waals surface area (Å²) < 4.78 is 3.87. The molecule has 2 aromatic rings. The molecule has 0 atom stereocenters. The monoisotopic (exact) mass is 226 g/mol. The van der Waals surface area contributed by atoms with Crippen LogP contribution in [0.4, 0.5) is 5.13 Å². The van der Waals surface area contributed by atoms with Crippen LogP contribution in [-0.2, 0) is 6.54 Å². The molecule has 6 heteroatoms. The predicted octanol–water partition coefficient (Wildman–Crippen LogP) is 2.20. The number of anilines is 1. The Kier molecular flexibility index (Phi) is 2.90. The highest BCUT2D eigenvalue weighted by Crippen LogP contribution is 2.10. The molecule has 0 fully saturated rings. The Morgan fingerprint density at radius 2 is 2.36 bits per heavy atom. The molecule has 2 rings (SSSR count). The number of pyridine rings is 1. The van der Waals surface area contributed by atoms with E-state index in [0.717, 1.165) is 10.8 Å². The van der Waals surface area contributed by atoms with Crippen molar-refractivity contribution in [2.45, 2.75) is 6.54 Å². The minimum atomic E-state index is 0.501. The fourth-order valence-electron chi connectivity index (χ4n) is 0.966. The van der Waals surface area contributed by atoms with Crippen LogP contribution in [0.25, 0.3) is 0 Å². The van der Waals surface area contributed by atoms with Gasteiger partial charge in [0.15, 0.2) is 0 Å². The molecule has 72 valence electrons. The van der Waals surface area contributed by atoms with Gasteiger partial charge in [-0.3, -0.25) is 0 Å². The standard InChI is InChI=1S/C8H7ClN4S/c9-7-3-1-2-6(13-7)4-10-8-11-5-12-14-8/h1-3,5H,4H2,(H,10,11,12). The van der Waals surface area contributed by atoms with E-state index in [1.165, 1.54) is 17.9 Å². The van der Waals surface area contributed by atoms with Crippen LogP contribution in [0.15, 0.2) is 24.5 Å². The number of rotatable bonds is 3. The summed E-state index contributed by atoms with van der Waals surface area (Å²) in [5, 5.41) is 4.38. The van der Waals surface area contributed by atoms with E-state index in [-0.39, 0.29) is 0 Å². The zero-order valence-corrected chi connectivity index (χ0v) is 8.72. The van der Waals surface area contributed by atoms with Crippen LogP contribution < -0.4 is 5.32 Å². The molecule has 0 aliphatic carbocycles. The van der Waals surface area contributed by atoms with Crippen LogP contribution in [0.2, 0.25) is 5.15 Å². The number of hydrogen-bond acceptors (Lipinski definition) is 5. The Hall–Kier alpha value is -1.20. The second-order valence-corrected chi connectivity index (χ2v) is 3.72. The summed E-state index contributed by atoms with van der Waals surface area (Å²) in [7, 11) is 0. The SMILES string of the molecule is Clc1cccc(CNc2ncns2)n1. The number of nitrogens with zero attached hydrogens (tertiary/aromatic N) is 3. The maximum atomic E-state index is 5.74. The zero-order chi connectivity index (χ0) is 9.80. The van der Waals surface area contributed by atoms with E-state index < -0.39 is 0 Å². The molecular weight excluding hydrogens is 220 g/mol. The first kappa shape index (κ1) is 9.36. The molecule has 14 heavy (non-hydrogen) atoms. The quantitative estimate of drug-likeness (QED) is 0.816. The normalized spacial score (nSPS) is 10.1. The lowest BCUT2D eigenvalue weighted by Crippen LogP contribution is -2.00. The van der Waals surface area contributed by atoms with Crippen molar-refractivity contribution in [3.05, 3.63) is 35.4 Å². The van der Waals surface area contributed by atoms with Crippen LogP contribution in [0.5, 0.6) is 0 Å². The Bertz CT molecular complexity index is 403. The van der Waals surface area contributed by atoms with Crippen molar-refractivity contribution in [1.29, 1.82) is 0 Å². The van der Waals surface area contributed by atoms with Gasteiger partial charge in [0.1, 0.15) is 11.5 Å². The van der Waals surface area contributed by atoms with Gasteiger partial charge in [-0.25, -0.2) is 9.97 Å². The first-order valence-electron chi connectivity index (χ1n) is 3.96. The fraction of sp³-hybridized carbons (Fsp3) is 0.125. The van der Waals surface area contributed by atoms with Crippen LogP contribution >= 0.6 is 23.1 Å². The Morgan fingerprint density at radius 3 is 3.07 bits per heavy atom. The first-order valence-corrected chi connectivity index (χ1v) is 5.12. The van der Waals surface area contributed by atoms with E-state index in [9.17, 15) is 0 Å². The van der Waals surface area contributed by atoms with Gasteiger partial charge in [-0.1, -0.05) is 17.7 Å². The van der Waals surface area contributed by atoms with Crippen LogP contribution in [0, 0.1) is 0 Å². The second-order valence-electron chi connectivity index (χ2n) is 2.55. The van der Waals surface area contributed by atoms with Crippen molar-refractivity contribution < 1.29 is 0 Å². The Labute approximate surface area is 90.1 Å². The van der Waals surface area contributed by atoms with Gasteiger partial charge >= 0.3 is 0 Å². The summed E-state index contributed by atoms with van der Waals surface area (Å²) >= 11 is 7.05. The number of hydrogen-bond donors (Lipinski definition) is 1. The molecule has 0 bridgehead atoms. The van der Waals surface area contributed by atoms with Crippen molar-refractivity contribution >= 4 is 28.3 Å². The number of nitrogens with one attached hydrogen (secondary N) is 1. The minimum absolute atomic E-state index is 0.501. The second kappa shape index (κ2) is 4.34. The van der Waals surface area contributed by atoms with E-state index in [1.54, 1.807) is 6.07 Å². The van der Waals surface area contributed by atoms with E-state index in [2.05, 4.69) is 19.7 Å². The fourth-order valence-corrected chi connectivity index (χ4v) is 1.57. The van der Waals surface area contributed by atoms with Gasteiger partial charge in [0.2, 0.25) is 5.13 Å². The summed E-state index contributed by atoms with van der Waals surface area (Å²) in [4.78, 5) is 8.12. The minimum Gasteiger partial charge on any atom is -0.355 e. The molecule has 0 aliphatic heterocycles. The van der Waals surface area contributed by atoms with Crippen LogP contribution in [-0.4, -0.2) is 14.3 Å². The zero-order valence-electron chi connectivity index (χ0n) is 7.14. The molecule has 0 amide bonds. The van der Waals surface area contributed by atoms with Crippen molar-refractivity contribution in [1.82, 2.24) is 14.3 Å². The molecule has 4 nitrogen and oxygen atoms in total. The summed E-state index contributed by atoms with van der Waals surface area (Å²) in [5.74, 6) is 0. The van der Waals surface area contributed by atoms with Crippen LogP contribution in [0.3, 0.4) is 0 Å². The maximum absolute atomic E-state index is 5.74. The highest BCUT2D eigenvalue weighted by molar-refractivity contribution is 7.09. The van der Waals surface area contributed by atoms with Crippen molar-refractivity contribution in [2.24, 2.45) is 0 Å². The molecular formula is C8H7ClN4S. The third kappa shape index (κ3) is 2.40. The molecule has 0 radical (unpaired) electrons.